The van der Waals surface area contributed by atoms with E-state index in [9.17, 15) is 4.39 Å². The highest BCUT2D eigenvalue weighted by Crippen LogP contribution is 2.19. The van der Waals surface area contributed by atoms with Gasteiger partial charge in [0.25, 0.3) is 0 Å². The summed E-state index contributed by atoms with van der Waals surface area (Å²) in [6, 6.07) is 12.2. The Bertz CT molecular complexity index is 603. The number of aromatic nitrogens is 1. The van der Waals surface area contributed by atoms with E-state index in [0.29, 0.717) is 6.04 Å². The van der Waals surface area contributed by atoms with Crippen molar-refractivity contribution in [3.63, 3.8) is 0 Å². The molecule has 3 nitrogen and oxygen atoms in total. The van der Waals surface area contributed by atoms with E-state index in [-0.39, 0.29) is 0 Å². The molecule has 110 valence electrons. The lowest BCUT2D eigenvalue weighted by atomic mass is 10.2. The molecular weight excluding hydrogens is 380 g/mol. The summed E-state index contributed by atoms with van der Waals surface area (Å²) < 4.78 is 14.1. The fraction of sp³-hybridized carbons (Fsp3) is 0.312. The van der Waals surface area contributed by atoms with Gasteiger partial charge in [-0.05, 0) is 58.8 Å². The van der Waals surface area contributed by atoms with Crippen molar-refractivity contribution in [1.82, 2.24) is 10.3 Å². The van der Waals surface area contributed by atoms with E-state index in [1.807, 2.05) is 0 Å². The molecule has 0 aliphatic carbocycles. The van der Waals surface area contributed by atoms with E-state index in [1.54, 1.807) is 12.3 Å². The molecule has 1 fully saturated rings. The Kier molecular flexibility index (Phi) is 4.70. The van der Waals surface area contributed by atoms with E-state index < -0.39 is 5.95 Å². The summed E-state index contributed by atoms with van der Waals surface area (Å²) in [6.07, 6.45) is 2.71. The first-order valence-corrected chi connectivity index (χ1v) is 8.13. The van der Waals surface area contributed by atoms with Gasteiger partial charge in [-0.15, -0.1) is 0 Å². The highest BCUT2D eigenvalue weighted by Gasteiger charge is 2.22. The van der Waals surface area contributed by atoms with Crippen LogP contribution in [0.1, 0.15) is 12.0 Å². The molecule has 0 saturated carbocycles. The van der Waals surface area contributed by atoms with E-state index >= 15 is 0 Å². The molecule has 0 radical (unpaired) electrons. The van der Waals surface area contributed by atoms with Crippen LogP contribution < -0.4 is 10.2 Å². The molecule has 2 heterocycles. The Labute approximate surface area is 137 Å². The fourth-order valence-corrected chi connectivity index (χ4v) is 3.23. The van der Waals surface area contributed by atoms with Gasteiger partial charge < -0.3 is 10.2 Å². The molecular formula is C16H17FIN3. The average molecular weight is 397 g/mol. The summed E-state index contributed by atoms with van der Waals surface area (Å²) in [5.74, 6) is -0.425. The minimum absolute atomic E-state index is 0.425. The van der Waals surface area contributed by atoms with Crippen molar-refractivity contribution in [3.05, 3.63) is 57.7 Å². The molecule has 5 heteroatoms. The third-order valence-electron chi connectivity index (χ3n) is 3.75. The lowest BCUT2D eigenvalue weighted by Gasteiger charge is -2.18. The van der Waals surface area contributed by atoms with Crippen LogP contribution in [-0.4, -0.2) is 24.1 Å². The zero-order valence-corrected chi connectivity index (χ0v) is 13.8. The van der Waals surface area contributed by atoms with E-state index in [4.69, 9.17) is 0 Å². The standard InChI is InChI=1S/C16H17FIN3/c17-16-5-4-15(10-20-16)21-7-6-14(11-21)19-9-12-2-1-3-13(18)8-12/h1-5,8,10,14,19H,6-7,9,11H2. The normalized spacial score (nSPS) is 18.2. The second-order valence-electron chi connectivity index (χ2n) is 5.28. The van der Waals surface area contributed by atoms with Crippen LogP contribution in [0.3, 0.4) is 0 Å². The highest BCUT2D eigenvalue weighted by atomic mass is 127. The van der Waals surface area contributed by atoms with Gasteiger partial charge in [-0.2, -0.15) is 4.39 Å². The van der Waals surface area contributed by atoms with Crippen LogP contribution in [0.4, 0.5) is 10.1 Å². The number of hydrogen-bond donors (Lipinski definition) is 1. The summed E-state index contributed by atoms with van der Waals surface area (Å²) in [5.41, 5.74) is 2.30. The number of benzene rings is 1. The molecule has 1 atom stereocenters. The quantitative estimate of drug-likeness (QED) is 0.635. The summed E-state index contributed by atoms with van der Waals surface area (Å²) >= 11 is 2.33. The van der Waals surface area contributed by atoms with Crippen LogP contribution >= 0.6 is 22.6 Å². The summed E-state index contributed by atoms with van der Waals surface area (Å²) in [6.45, 7) is 2.81. The summed E-state index contributed by atoms with van der Waals surface area (Å²) in [5, 5.41) is 3.60. The van der Waals surface area contributed by atoms with Gasteiger partial charge in [-0.1, -0.05) is 12.1 Å². The predicted molar refractivity (Wildman–Crippen MR) is 90.8 cm³/mol. The molecule has 1 saturated heterocycles. The molecule has 0 amide bonds. The van der Waals surface area contributed by atoms with Gasteiger partial charge in [0.2, 0.25) is 5.95 Å². The summed E-state index contributed by atoms with van der Waals surface area (Å²) in [7, 11) is 0. The molecule has 2 aromatic rings. The molecule has 0 spiro atoms. The first-order chi connectivity index (χ1) is 10.2. The third-order valence-corrected chi connectivity index (χ3v) is 4.42. The number of pyridine rings is 1. The van der Waals surface area contributed by atoms with Crippen molar-refractivity contribution in [2.75, 3.05) is 18.0 Å². The largest absolute Gasteiger partial charge is 0.369 e. The number of nitrogens with zero attached hydrogens (tertiary/aromatic N) is 2. The molecule has 3 rings (SSSR count). The van der Waals surface area contributed by atoms with E-state index in [1.165, 1.54) is 15.2 Å². The number of nitrogens with one attached hydrogen (secondary N) is 1. The van der Waals surface area contributed by atoms with Crippen LogP contribution in [0.2, 0.25) is 0 Å². The second-order valence-corrected chi connectivity index (χ2v) is 6.53. The van der Waals surface area contributed by atoms with Crippen molar-refractivity contribution in [1.29, 1.82) is 0 Å². The Balaban J connectivity index is 1.54. The van der Waals surface area contributed by atoms with Gasteiger partial charge in [-0.3, -0.25) is 0 Å². The smallest absolute Gasteiger partial charge is 0.212 e. The average Bonchev–Trinajstić information content (AvgIpc) is 2.95. The van der Waals surface area contributed by atoms with Gasteiger partial charge in [0.15, 0.2) is 0 Å². The number of halogens is 2. The molecule has 1 unspecified atom stereocenters. The highest BCUT2D eigenvalue weighted by molar-refractivity contribution is 14.1. The first kappa shape index (κ1) is 14.7. The Morgan fingerprint density at radius 1 is 1.33 bits per heavy atom. The van der Waals surface area contributed by atoms with Crippen molar-refractivity contribution in [2.24, 2.45) is 0 Å². The number of hydrogen-bond acceptors (Lipinski definition) is 3. The van der Waals surface area contributed by atoms with Crippen LogP contribution in [0.15, 0.2) is 42.6 Å². The van der Waals surface area contributed by atoms with Crippen LogP contribution in [-0.2, 0) is 6.54 Å². The maximum Gasteiger partial charge on any atom is 0.212 e. The summed E-state index contributed by atoms with van der Waals surface area (Å²) in [4.78, 5) is 5.97. The minimum atomic E-state index is -0.425. The molecule has 21 heavy (non-hydrogen) atoms. The minimum Gasteiger partial charge on any atom is -0.369 e. The zero-order valence-electron chi connectivity index (χ0n) is 11.6. The molecule has 1 aromatic heterocycles. The topological polar surface area (TPSA) is 28.2 Å². The van der Waals surface area contributed by atoms with Crippen molar-refractivity contribution < 1.29 is 4.39 Å². The Morgan fingerprint density at radius 2 is 2.24 bits per heavy atom. The fourth-order valence-electron chi connectivity index (χ4n) is 2.63. The van der Waals surface area contributed by atoms with Gasteiger partial charge in [-0.25, -0.2) is 4.98 Å². The van der Waals surface area contributed by atoms with Gasteiger partial charge in [0.05, 0.1) is 11.9 Å². The van der Waals surface area contributed by atoms with Crippen molar-refractivity contribution in [2.45, 2.75) is 19.0 Å². The molecule has 1 aliphatic rings. The molecule has 0 bridgehead atoms. The predicted octanol–water partition coefficient (Wildman–Crippen LogP) is 3.19. The number of anilines is 1. The Hall–Kier alpha value is -1.21. The third kappa shape index (κ3) is 3.91. The van der Waals surface area contributed by atoms with Gasteiger partial charge >= 0.3 is 0 Å². The van der Waals surface area contributed by atoms with Gasteiger partial charge in [0.1, 0.15) is 0 Å². The van der Waals surface area contributed by atoms with Crippen LogP contribution in [0.25, 0.3) is 0 Å². The maximum absolute atomic E-state index is 12.8. The Morgan fingerprint density at radius 3 is 3.00 bits per heavy atom. The molecule has 1 N–H and O–H groups in total. The van der Waals surface area contributed by atoms with Crippen molar-refractivity contribution in [3.8, 4) is 0 Å². The van der Waals surface area contributed by atoms with Crippen LogP contribution in [0, 0.1) is 9.52 Å². The lowest BCUT2D eigenvalue weighted by Crippen LogP contribution is -2.32. The van der Waals surface area contributed by atoms with E-state index in [0.717, 1.165) is 31.7 Å². The maximum atomic E-state index is 12.8. The first-order valence-electron chi connectivity index (χ1n) is 7.05. The number of rotatable bonds is 4. The van der Waals surface area contributed by atoms with Crippen molar-refractivity contribution >= 4 is 28.3 Å². The zero-order chi connectivity index (χ0) is 14.7. The van der Waals surface area contributed by atoms with E-state index in [2.05, 4.69) is 62.1 Å². The monoisotopic (exact) mass is 397 g/mol. The SMILES string of the molecule is Fc1ccc(N2CCC(NCc3cccc(I)c3)C2)cn1. The van der Waals surface area contributed by atoms with Gasteiger partial charge in [0, 0.05) is 29.2 Å². The van der Waals surface area contributed by atoms with Crippen LogP contribution in [0.5, 0.6) is 0 Å². The lowest BCUT2D eigenvalue weighted by molar-refractivity contribution is 0.551. The molecule has 1 aromatic carbocycles. The second kappa shape index (κ2) is 6.70. The molecule has 1 aliphatic heterocycles.